The van der Waals surface area contributed by atoms with E-state index in [9.17, 15) is 30.6 Å². The molecule has 3 aliphatic rings. The van der Waals surface area contributed by atoms with Crippen molar-refractivity contribution in [2.45, 2.75) is 113 Å². The number of ether oxygens (including phenoxy) is 4. The van der Waals surface area contributed by atoms with Crippen molar-refractivity contribution >= 4 is 0 Å². The first-order chi connectivity index (χ1) is 15.1. The van der Waals surface area contributed by atoms with Crippen molar-refractivity contribution in [3.05, 3.63) is 0 Å². The van der Waals surface area contributed by atoms with Crippen LogP contribution in [0.1, 0.15) is 33.1 Å². The predicted octanol–water partition coefficient (Wildman–Crippen LogP) is -3.50. The van der Waals surface area contributed by atoms with E-state index in [1.54, 1.807) is 6.92 Å². The van der Waals surface area contributed by atoms with Gasteiger partial charge in [0.05, 0.1) is 31.0 Å². The Morgan fingerprint density at radius 1 is 0.812 bits per heavy atom. The highest BCUT2D eigenvalue weighted by molar-refractivity contribution is 4.98. The molecule has 2 aliphatic heterocycles. The zero-order chi connectivity index (χ0) is 23.7. The maximum absolute atomic E-state index is 11.0. The standard InChI is InChI=1S/C20H38N2O10/c1-3-11-14(26)15(27)13(22)20(29-11)31-17-7(2)4-8(21)18(16(17)28)32-19-10(25)5-9(24)12(6-23)30-19/h7-20,23-28H,3-6,21-22H2,1-2H3. The van der Waals surface area contributed by atoms with Gasteiger partial charge in [0.25, 0.3) is 0 Å². The Labute approximate surface area is 187 Å². The molecule has 14 unspecified atom stereocenters. The molecule has 14 atom stereocenters. The lowest BCUT2D eigenvalue weighted by molar-refractivity contribution is -0.320. The molecule has 10 N–H and O–H groups in total. The maximum atomic E-state index is 11.0. The van der Waals surface area contributed by atoms with Gasteiger partial charge in [-0.3, -0.25) is 0 Å². The quantitative estimate of drug-likeness (QED) is 0.192. The van der Waals surface area contributed by atoms with E-state index >= 15 is 0 Å². The van der Waals surface area contributed by atoms with E-state index in [2.05, 4.69) is 0 Å². The Balaban J connectivity index is 1.70. The van der Waals surface area contributed by atoms with Gasteiger partial charge >= 0.3 is 0 Å². The second-order valence-corrected chi connectivity index (χ2v) is 9.17. The van der Waals surface area contributed by atoms with Crippen LogP contribution in [0, 0.1) is 5.92 Å². The highest BCUT2D eigenvalue weighted by atomic mass is 16.7. The van der Waals surface area contributed by atoms with Crippen LogP contribution in [-0.2, 0) is 18.9 Å². The molecule has 0 aromatic rings. The molecule has 3 rings (SSSR count). The van der Waals surface area contributed by atoms with Crippen LogP contribution in [0.4, 0.5) is 0 Å². The Kier molecular flexibility index (Phi) is 8.86. The molecule has 0 radical (unpaired) electrons. The summed E-state index contributed by atoms with van der Waals surface area (Å²) < 4.78 is 23.0. The summed E-state index contributed by atoms with van der Waals surface area (Å²) in [7, 11) is 0. The molecule has 0 bridgehead atoms. The van der Waals surface area contributed by atoms with Gasteiger partial charge in [0.15, 0.2) is 12.6 Å². The van der Waals surface area contributed by atoms with Gasteiger partial charge in [-0.05, 0) is 18.8 Å². The first-order valence-corrected chi connectivity index (χ1v) is 11.2. The molecule has 0 aromatic heterocycles. The van der Waals surface area contributed by atoms with Gasteiger partial charge in [0.1, 0.15) is 36.6 Å². The molecule has 1 aliphatic carbocycles. The van der Waals surface area contributed by atoms with E-state index in [1.807, 2.05) is 6.92 Å². The summed E-state index contributed by atoms with van der Waals surface area (Å²) in [4.78, 5) is 0. The number of rotatable bonds is 6. The minimum atomic E-state index is -1.25. The molecule has 0 aromatic carbocycles. The van der Waals surface area contributed by atoms with Gasteiger partial charge in [0.2, 0.25) is 0 Å². The Hall–Kier alpha value is -0.480. The third-order valence-electron chi connectivity index (χ3n) is 6.75. The number of hydrogen-bond donors (Lipinski definition) is 8. The summed E-state index contributed by atoms with van der Waals surface area (Å²) in [5, 5.41) is 60.9. The first-order valence-electron chi connectivity index (χ1n) is 11.2. The normalized spacial score (nSPS) is 52.7. The summed E-state index contributed by atoms with van der Waals surface area (Å²) in [6.45, 7) is 3.17. The van der Waals surface area contributed by atoms with Crippen molar-refractivity contribution in [1.82, 2.24) is 0 Å². The topological polar surface area (TPSA) is 210 Å². The Morgan fingerprint density at radius 2 is 1.44 bits per heavy atom. The van der Waals surface area contributed by atoms with Crippen LogP contribution in [0.5, 0.6) is 0 Å². The Morgan fingerprint density at radius 3 is 2.06 bits per heavy atom. The van der Waals surface area contributed by atoms with E-state index in [1.165, 1.54) is 0 Å². The molecule has 12 heteroatoms. The van der Waals surface area contributed by atoms with E-state index in [4.69, 9.17) is 30.4 Å². The monoisotopic (exact) mass is 466 g/mol. The highest BCUT2D eigenvalue weighted by Gasteiger charge is 2.49. The molecule has 2 saturated heterocycles. The van der Waals surface area contributed by atoms with Crippen molar-refractivity contribution in [1.29, 1.82) is 0 Å². The minimum absolute atomic E-state index is 0.0618. The minimum Gasteiger partial charge on any atom is -0.394 e. The largest absolute Gasteiger partial charge is 0.394 e. The van der Waals surface area contributed by atoms with Crippen molar-refractivity contribution in [3.63, 3.8) is 0 Å². The van der Waals surface area contributed by atoms with Crippen LogP contribution in [0.2, 0.25) is 0 Å². The second kappa shape index (κ2) is 10.8. The molecule has 0 spiro atoms. The van der Waals surface area contributed by atoms with E-state index in [0.717, 1.165) is 0 Å². The van der Waals surface area contributed by atoms with Crippen molar-refractivity contribution in [3.8, 4) is 0 Å². The smallest absolute Gasteiger partial charge is 0.184 e. The molecule has 3 fully saturated rings. The van der Waals surface area contributed by atoms with Crippen LogP contribution >= 0.6 is 0 Å². The lowest BCUT2D eigenvalue weighted by Crippen LogP contribution is -2.65. The number of aliphatic hydroxyl groups is 6. The van der Waals surface area contributed by atoms with E-state index < -0.39 is 86.2 Å². The summed E-state index contributed by atoms with van der Waals surface area (Å²) in [5.74, 6) is -0.219. The average molecular weight is 467 g/mol. The number of hydrogen-bond acceptors (Lipinski definition) is 12. The fourth-order valence-corrected chi connectivity index (χ4v) is 4.74. The van der Waals surface area contributed by atoms with Crippen LogP contribution < -0.4 is 11.5 Å². The number of nitrogens with two attached hydrogens (primary N) is 2. The summed E-state index contributed by atoms with van der Waals surface area (Å²) in [5.41, 5.74) is 12.2. The van der Waals surface area contributed by atoms with E-state index in [-0.39, 0.29) is 12.3 Å². The van der Waals surface area contributed by atoms with Crippen molar-refractivity contribution < 1.29 is 49.6 Å². The second-order valence-electron chi connectivity index (χ2n) is 9.17. The summed E-state index contributed by atoms with van der Waals surface area (Å²) in [6.07, 6.45) is -10.8. The van der Waals surface area contributed by atoms with Gasteiger partial charge in [-0.25, -0.2) is 0 Å². The van der Waals surface area contributed by atoms with Crippen LogP contribution in [-0.4, -0.2) is 117 Å². The number of aliphatic hydroxyl groups excluding tert-OH is 6. The first kappa shape index (κ1) is 26.1. The van der Waals surface area contributed by atoms with Crippen LogP contribution in [0.3, 0.4) is 0 Å². The molecule has 0 amide bonds. The highest BCUT2D eigenvalue weighted by Crippen LogP contribution is 2.34. The zero-order valence-electron chi connectivity index (χ0n) is 18.4. The van der Waals surface area contributed by atoms with Gasteiger partial charge in [-0.1, -0.05) is 13.8 Å². The molecular formula is C20H38N2O10. The molecule has 2 heterocycles. The zero-order valence-corrected chi connectivity index (χ0v) is 18.4. The van der Waals surface area contributed by atoms with Gasteiger partial charge in [-0.2, -0.15) is 0 Å². The van der Waals surface area contributed by atoms with Gasteiger partial charge in [0, 0.05) is 12.5 Å². The fraction of sp³-hybridized carbons (Fsp3) is 1.00. The fourth-order valence-electron chi connectivity index (χ4n) is 4.74. The van der Waals surface area contributed by atoms with Crippen LogP contribution in [0.15, 0.2) is 0 Å². The van der Waals surface area contributed by atoms with Gasteiger partial charge < -0.3 is 61.1 Å². The summed E-state index contributed by atoms with van der Waals surface area (Å²) in [6, 6.07) is -1.63. The molecule has 32 heavy (non-hydrogen) atoms. The third kappa shape index (κ3) is 5.27. The lowest BCUT2D eigenvalue weighted by atomic mass is 9.80. The predicted molar refractivity (Wildman–Crippen MR) is 109 cm³/mol. The molecule has 188 valence electrons. The van der Waals surface area contributed by atoms with Crippen molar-refractivity contribution in [2.24, 2.45) is 17.4 Å². The third-order valence-corrected chi connectivity index (χ3v) is 6.75. The molecule has 12 nitrogen and oxygen atoms in total. The molecular weight excluding hydrogens is 428 g/mol. The summed E-state index contributed by atoms with van der Waals surface area (Å²) >= 11 is 0. The van der Waals surface area contributed by atoms with Gasteiger partial charge in [-0.15, -0.1) is 0 Å². The average Bonchev–Trinajstić information content (AvgIpc) is 2.75. The maximum Gasteiger partial charge on any atom is 0.184 e. The Bertz CT molecular complexity index is 601. The molecule has 1 saturated carbocycles. The van der Waals surface area contributed by atoms with E-state index in [0.29, 0.717) is 12.8 Å². The lowest BCUT2D eigenvalue weighted by Gasteiger charge is -2.48. The SMILES string of the molecule is CCC1OC(OC2C(C)CC(N)C(OC3OC(CO)C(O)CC3O)C2O)C(N)C(O)C1O. The van der Waals surface area contributed by atoms with Crippen molar-refractivity contribution in [2.75, 3.05) is 6.61 Å². The van der Waals surface area contributed by atoms with Crippen LogP contribution in [0.25, 0.3) is 0 Å².